The Morgan fingerprint density at radius 2 is 1.45 bits per heavy atom. The molecule has 0 aliphatic heterocycles. The van der Waals surface area contributed by atoms with Crippen LogP contribution in [-0.4, -0.2) is 9.85 Å². The summed E-state index contributed by atoms with van der Waals surface area (Å²) in [5.74, 6) is -0.252. The van der Waals surface area contributed by atoms with E-state index >= 15 is 0 Å². The number of nitro benzene ring substituents is 2. The van der Waals surface area contributed by atoms with E-state index in [4.69, 9.17) is 5.73 Å². The molecule has 0 atom stereocenters. The van der Waals surface area contributed by atoms with Crippen molar-refractivity contribution in [1.29, 1.82) is 0 Å². The molecule has 7 nitrogen and oxygen atoms in total. The molecule has 1 aromatic rings. The van der Waals surface area contributed by atoms with Gasteiger partial charge in [-0.25, -0.2) is 0 Å². The maximum atomic E-state index is 11.4. The van der Waals surface area contributed by atoms with E-state index in [9.17, 15) is 20.2 Å². The summed E-state index contributed by atoms with van der Waals surface area (Å²) in [7, 11) is 0. The van der Waals surface area contributed by atoms with Gasteiger partial charge in [0.25, 0.3) is 5.69 Å². The van der Waals surface area contributed by atoms with Gasteiger partial charge in [0.15, 0.2) is 0 Å². The summed E-state index contributed by atoms with van der Waals surface area (Å²) in [4.78, 5) is 21.5. The summed E-state index contributed by atoms with van der Waals surface area (Å²) < 4.78 is 0. The maximum absolute atomic E-state index is 11.4. The Morgan fingerprint density at radius 3 is 1.80 bits per heavy atom. The Labute approximate surface area is 117 Å². The largest absolute Gasteiger partial charge is 0.393 e. The molecule has 0 unspecified atom stereocenters. The molecule has 0 fully saturated rings. The molecule has 1 rings (SSSR count). The molecule has 2 N–H and O–H groups in total. The lowest BCUT2D eigenvalue weighted by Crippen LogP contribution is -2.11. The lowest BCUT2D eigenvalue weighted by molar-refractivity contribution is -0.395. The Bertz CT molecular complexity index is 524. The van der Waals surface area contributed by atoms with Gasteiger partial charge in [0.2, 0.25) is 0 Å². The van der Waals surface area contributed by atoms with Gasteiger partial charge in [-0.15, -0.1) is 0 Å². The number of anilines is 1. The molecular formula is C13H19N3O4. The van der Waals surface area contributed by atoms with Crippen LogP contribution in [0.2, 0.25) is 0 Å². The van der Waals surface area contributed by atoms with Crippen molar-refractivity contribution in [3.8, 4) is 0 Å². The van der Waals surface area contributed by atoms with Crippen molar-refractivity contribution >= 4 is 17.1 Å². The van der Waals surface area contributed by atoms with E-state index in [2.05, 4.69) is 0 Å². The summed E-state index contributed by atoms with van der Waals surface area (Å²) in [6.45, 7) is 6.86. The van der Waals surface area contributed by atoms with Gasteiger partial charge in [-0.05, 0) is 38.2 Å². The molecule has 0 heterocycles. The molecule has 0 aliphatic rings. The average Bonchev–Trinajstić information content (AvgIpc) is 2.36. The van der Waals surface area contributed by atoms with Gasteiger partial charge in [-0.1, -0.05) is 13.8 Å². The fraction of sp³-hybridized carbons (Fsp3) is 0.538. The lowest BCUT2D eigenvalue weighted by atomic mass is 9.87. The maximum Gasteiger partial charge on any atom is 0.302 e. The van der Waals surface area contributed by atoms with E-state index < -0.39 is 9.85 Å². The zero-order chi connectivity index (χ0) is 15.6. The quantitative estimate of drug-likeness (QED) is 0.503. The van der Waals surface area contributed by atoms with Crippen molar-refractivity contribution in [3.05, 3.63) is 36.9 Å². The average molecular weight is 281 g/mol. The number of nitrogen functional groups attached to an aromatic ring is 1. The van der Waals surface area contributed by atoms with Crippen LogP contribution in [0.1, 0.15) is 49.3 Å². The summed E-state index contributed by atoms with van der Waals surface area (Å²) in [5, 5.41) is 22.7. The van der Waals surface area contributed by atoms with Crippen molar-refractivity contribution in [1.82, 2.24) is 0 Å². The molecule has 0 saturated carbocycles. The topological polar surface area (TPSA) is 112 Å². The minimum Gasteiger partial charge on any atom is -0.393 e. The summed E-state index contributed by atoms with van der Waals surface area (Å²) in [5.41, 5.74) is 6.35. The molecule has 0 saturated heterocycles. The molecule has 0 aliphatic carbocycles. The molecule has 1 aromatic carbocycles. The third-order valence-corrected chi connectivity index (χ3v) is 3.85. The minimum atomic E-state index is -0.609. The lowest BCUT2D eigenvalue weighted by Gasteiger charge is -2.17. The normalized spacial score (nSPS) is 10.8. The first-order chi connectivity index (χ1) is 9.27. The van der Waals surface area contributed by atoms with E-state index in [0.29, 0.717) is 24.0 Å². The van der Waals surface area contributed by atoms with Crippen LogP contribution in [0.3, 0.4) is 0 Å². The number of benzene rings is 1. The van der Waals surface area contributed by atoms with Crippen LogP contribution in [0, 0.1) is 34.1 Å². The van der Waals surface area contributed by atoms with E-state index in [1.165, 1.54) is 0 Å². The highest BCUT2D eigenvalue weighted by Crippen LogP contribution is 2.45. The van der Waals surface area contributed by atoms with Crippen LogP contribution < -0.4 is 5.73 Å². The third-order valence-electron chi connectivity index (χ3n) is 3.85. The highest BCUT2D eigenvalue weighted by Gasteiger charge is 2.35. The highest BCUT2D eigenvalue weighted by atomic mass is 16.6. The summed E-state index contributed by atoms with van der Waals surface area (Å²) >= 11 is 0. The molecule has 20 heavy (non-hydrogen) atoms. The van der Waals surface area contributed by atoms with Crippen LogP contribution >= 0.6 is 0 Å². The van der Waals surface area contributed by atoms with E-state index in [0.717, 1.165) is 0 Å². The Kier molecular flexibility index (Phi) is 4.65. The molecule has 0 bridgehead atoms. The molecule has 0 spiro atoms. The van der Waals surface area contributed by atoms with Gasteiger partial charge in [0.05, 0.1) is 9.85 Å². The van der Waals surface area contributed by atoms with Crippen LogP contribution in [0.4, 0.5) is 17.1 Å². The first-order valence-corrected chi connectivity index (χ1v) is 6.49. The second-order valence-electron chi connectivity index (χ2n) is 4.80. The van der Waals surface area contributed by atoms with Crippen molar-refractivity contribution in [2.24, 2.45) is 0 Å². The third kappa shape index (κ3) is 2.43. The smallest absolute Gasteiger partial charge is 0.302 e. The number of nitro groups is 2. The van der Waals surface area contributed by atoms with Crippen molar-refractivity contribution in [3.63, 3.8) is 0 Å². The number of hydrogen-bond acceptors (Lipinski definition) is 5. The van der Waals surface area contributed by atoms with Crippen molar-refractivity contribution in [2.75, 3.05) is 5.73 Å². The van der Waals surface area contributed by atoms with E-state index in [1.807, 2.05) is 13.8 Å². The molecular weight excluding hydrogens is 262 g/mol. The fourth-order valence-corrected chi connectivity index (χ4v) is 2.53. The van der Waals surface area contributed by atoms with Gasteiger partial charge in [0.1, 0.15) is 11.3 Å². The van der Waals surface area contributed by atoms with Crippen LogP contribution in [-0.2, 0) is 0 Å². The second kappa shape index (κ2) is 5.85. The Hall–Kier alpha value is -2.18. The molecule has 0 radical (unpaired) electrons. The summed E-state index contributed by atoms with van der Waals surface area (Å²) in [6, 6.07) is 0. The molecule has 0 amide bonds. The van der Waals surface area contributed by atoms with Crippen LogP contribution in [0.15, 0.2) is 0 Å². The zero-order valence-corrected chi connectivity index (χ0v) is 12.1. The highest BCUT2D eigenvalue weighted by molar-refractivity contribution is 5.76. The van der Waals surface area contributed by atoms with Crippen molar-refractivity contribution in [2.45, 2.75) is 46.5 Å². The van der Waals surface area contributed by atoms with Crippen LogP contribution in [0.5, 0.6) is 0 Å². The van der Waals surface area contributed by atoms with Gasteiger partial charge in [-0.3, -0.25) is 20.2 Å². The second-order valence-corrected chi connectivity index (χ2v) is 4.80. The standard InChI is InChI=1S/C13H19N3O4/c1-5-9(6-2)10-12(15(17)18)8(4)7(3)11(14)13(10)16(19)20/h9H,5-6,14H2,1-4H3. The molecule has 7 heteroatoms. The van der Waals surface area contributed by atoms with Crippen LogP contribution in [0.25, 0.3) is 0 Å². The Morgan fingerprint density at radius 1 is 1.00 bits per heavy atom. The predicted octanol–water partition coefficient (Wildman–Crippen LogP) is 3.61. The molecule has 0 aromatic heterocycles. The number of nitrogens with zero attached hydrogens (tertiary/aromatic N) is 2. The SMILES string of the molecule is CCC(CC)c1c([N+](=O)[O-])c(C)c(C)c(N)c1[N+](=O)[O-]. The van der Waals surface area contributed by atoms with Gasteiger partial charge in [-0.2, -0.15) is 0 Å². The van der Waals surface area contributed by atoms with Gasteiger partial charge >= 0.3 is 5.69 Å². The van der Waals surface area contributed by atoms with Gasteiger partial charge in [0, 0.05) is 5.56 Å². The van der Waals surface area contributed by atoms with Gasteiger partial charge < -0.3 is 5.73 Å². The Balaban J connectivity index is 3.92. The zero-order valence-electron chi connectivity index (χ0n) is 12.1. The van der Waals surface area contributed by atoms with Crippen molar-refractivity contribution < 1.29 is 9.85 Å². The number of nitrogens with two attached hydrogens (primary N) is 1. The summed E-state index contributed by atoms with van der Waals surface area (Å²) in [6.07, 6.45) is 1.17. The first kappa shape index (κ1) is 15.9. The van der Waals surface area contributed by atoms with E-state index in [1.54, 1.807) is 13.8 Å². The molecule has 110 valence electrons. The predicted molar refractivity (Wildman–Crippen MR) is 77.0 cm³/mol. The first-order valence-electron chi connectivity index (χ1n) is 6.49. The monoisotopic (exact) mass is 281 g/mol. The number of hydrogen-bond donors (Lipinski definition) is 1. The number of rotatable bonds is 5. The minimum absolute atomic E-state index is 0.0278. The fourth-order valence-electron chi connectivity index (χ4n) is 2.53. The van der Waals surface area contributed by atoms with E-state index in [-0.39, 0.29) is 28.5 Å².